The quantitative estimate of drug-likeness (QED) is 0.871. The third-order valence-electron chi connectivity index (χ3n) is 2.93. The van der Waals surface area contributed by atoms with Crippen LogP contribution in [-0.2, 0) is 16.1 Å². The van der Waals surface area contributed by atoms with Crippen LogP contribution in [0.15, 0.2) is 41.2 Å². The molecule has 0 atom stereocenters. The molecule has 0 aliphatic rings. The summed E-state index contributed by atoms with van der Waals surface area (Å²) >= 11 is 5.85. The fourth-order valence-corrected chi connectivity index (χ4v) is 1.99. The number of nitrogens with one attached hydrogen (secondary N) is 1. The van der Waals surface area contributed by atoms with Crippen molar-refractivity contribution < 1.29 is 9.53 Å². The lowest BCUT2D eigenvalue weighted by atomic mass is 10.1. The second-order valence-electron chi connectivity index (χ2n) is 4.57. The van der Waals surface area contributed by atoms with Crippen LogP contribution in [0.2, 0.25) is 5.02 Å². The molecule has 2 rings (SSSR count). The molecule has 2 aromatic rings. The van der Waals surface area contributed by atoms with Crippen molar-refractivity contribution in [1.29, 1.82) is 0 Å². The second kappa shape index (κ2) is 7.72. The minimum Gasteiger partial charge on any atom is -0.375 e. The van der Waals surface area contributed by atoms with Crippen LogP contribution in [0, 0.1) is 0 Å². The van der Waals surface area contributed by atoms with Gasteiger partial charge in [-0.25, -0.2) is 4.68 Å². The van der Waals surface area contributed by atoms with Crippen molar-refractivity contribution >= 4 is 17.5 Å². The Bertz CT molecular complexity index is 698. The van der Waals surface area contributed by atoms with Crippen molar-refractivity contribution in [2.24, 2.45) is 0 Å². The molecule has 0 aliphatic heterocycles. The number of amides is 1. The number of hydrogen-bond acceptors (Lipinski definition) is 4. The highest BCUT2D eigenvalue weighted by Gasteiger charge is 2.05. The Morgan fingerprint density at radius 1 is 1.27 bits per heavy atom. The van der Waals surface area contributed by atoms with Crippen LogP contribution >= 0.6 is 11.6 Å². The molecule has 1 heterocycles. The smallest absolute Gasteiger partial charge is 0.266 e. The molecule has 1 amide bonds. The van der Waals surface area contributed by atoms with Gasteiger partial charge in [0.05, 0.1) is 12.2 Å². The molecular weight excluding hydrogens is 306 g/mol. The van der Waals surface area contributed by atoms with E-state index in [0.29, 0.717) is 17.3 Å². The molecule has 0 saturated carbocycles. The third kappa shape index (κ3) is 4.41. The van der Waals surface area contributed by atoms with Gasteiger partial charge >= 0.3 is 0 Å². The van der Waals surface area contributed by atoms with E-state index in [2.05, 4.69) is 10.4 Å². The van der Waals surface area contributed by atoms with Crippen molar-refractivity contribution in [3.8, 4) is 11.3 Å². The Labute approximate surface area is 132 Å². The summed E-state index contributed by atoms with van der Waals surface area (Å²) in [6.45, 7) is 0.585. The van der Waals surface area contributed by atoms with Gasteiger partial charge in [-0.2, -0.15) is 5.10 Å². The number of ether oxygens (including phenoxy) is 1. The minimum atomic E-state index is -0.232. The average molecular weight is 322 g/mol. The molecule has 7 heteroatoms. The molecule has 0 aliphatic carbocycles. The summed E-state index contributed by atoms with van der Waals surface area (Å²) in [4.78, 5) is 23.1. The summed E-state index contributed by atoms with van der Waals surface area (Å²) in [5, 5.41) is 7.58. The first-order valence-corrected chi connectivity index (χ1v) is 7.07. The van der Waals surface area contributed by atoms with Gasteiger partial charge in [-0.1, -0.05) is 23.7 Å². The van der Waals surface area contributed by atoms with Gasteiger partial charge in [-0.05, 0) is 18.2 Å². The normalized spacial score (nSPS) is 10.5. The van der Waals surface area contributed by atoms with Gasteiger partial charge in [-0.3, -0.25) is 9.59 Å². The maximum absolute atomic E-state index is 11.8. The van der Waals surface area contributed by atoms with E-state index in [1.165, 1.54) is 17.9 Å². The van der Waals surface area contributed by atoms with Gasteiger partial charge < -0.3 is 10.1 Å². The van der Waals surface area contributed by atoms with E-state index in [1.54, 1.807) is 18.2 Å². The van der Waals surface area contributed by atoms with E-state index in [0.717, 1.165) is 5.56 Å². The van der Waals surface area contributed by atoms with E-state index in [9.17, 15) is 9.59 Å². The molecule has 0 unspecified atom stereocenters. The predicted molar refractivity (Wildman–Crippen MR) is 83.8 cm³/mol. The molecule has 0 spiro atoms. The molecule has 0 radical (unpaired) electrons. The molecule has 1 aromatic heterocycles. The monoisotopic (exact) mass is 321 g/mol. The van der Waals surface area contributed by atoms with Crippen LogP contribution in [-0.4, -0.2) is 35.9 Å². The molecule has 22 heavy (non-hydrogen) atoms. The zero-order valence-electron chi connectivity index (χ0n) is 12.1. The van der Waals surface area contributed by atoms with E-state index < -0.39 is 0 Å². The predicted octanol–water partition coefficient (Wildman–Crippen LogP) is 1.33. The Morgan fingerprint density at radius 2 is 2.00 bits per heavy atom. The van der Waals surface area contributed by atoms with Gasteiger partial charge in [0.15, 0.2) is 0 Å². The molecule has 116 valence electrons. The largest absolute Gasteiger partial charge is 0.375 e. The third-order valence-corrected chi connectivity index (χ3v) is 3.18. The highest BCUT2D eigenvalue weighted by atomic mass is 35.5. The van der Waals surface area contributed by atoms with Crippen molar-refractivity contribution in [1.82, 2.24) is 15.1 Å². The molecule has 0 bridgehead atoms. The Balaban J connectivity index is 2.08. The standard InChI is InChI=1S/C15H16ClN3O3/c1-22-10-14(20)17-8-9-19-15(21)7-6-13(18-19)11-2-4-12(16)5-3-11/h2-7H,8-10H2,1H3,(H,17,20). The minimum absolute atomic E-state index is 0.00680. The average Bonchev–Trinajstić information content (AvgIpc) is 2.50. The van der Waals surface area contributed by atoms with Crippen LogP contribution in [0.3, 0.4) is 0 Å². The SMILES string of the molecule is COCC(=O)NCCn1nc(-c2ccc(Cl)cc2)ccc1=O. The summed E-state index contributed by atoms with van der Waals surface area (Å²) in [6, 6.07) is 10.3. The lowest BCUT2D eigenvalue weighted by Gasteiger charge is -2.08. The van der Waals surface area contributed by atoms with Crippen molar-refractivity contribution in [2.75, 3.05) is 20.3 Å². The molecule has 6 nitrogen and oxygen atoms in total. The number of methoxy groups -OCH3 is 1. The number of aromatic nitrogens is 2. The first kappa shape index (κ1) is 16.2. The molecule has 0 fully saturated rings. The van der Waals surface area contributed by atoms with Crippen molar-refractivity contribution in [2.45, 2.75) is 6.54 Å². The topological polar surface area (TPSA) is 73.2 Å². The zero-order chi connectivity index (χ0) is 15.9. The summed E-state index contributed by atoms with van der Waals surface area (Å²) in [7, 11) is 1.45. The van der Waals surface area contributed by atoms with Gasteiger partial charge in [0.25, 0.3) is 5.56 Å². The summed E-state index contributed by atoms with van der Waals surface area (Å²) in [5.41, 5.74) is 1.31. The number of carbonyl (C=O) groups is 1. The van der Waals surface area contributed by atoms with Crippen LogP contribution in [0.1, 0.15) is 0 Å². The van der Waals surface area contributed by atoms with Crippen molar-refractivity contribution in [3.05, 3.63) is 51.8 Å². The lowest BCUT2D eigenvalue weighted by Crippen LogP contribution is -2.33. The number of rotatable bonds is 6. The number of nitrogens with zero attached hydrogens (tertiary/aromatic N) is 2. The highest BCUT2D eigenvalue weighted by molar-refractivity contribution is 6.30. The summed E-state index contributed by atoms with van der Waals surface area (Å²) < 4.78 is 6.03. The second-order valence-corrected chi connectivity index (χ2v) is 5.01. The van der Waals surface area contributed by atoms with Gasteiger partial charge in [-0.15, -0.1) is 0 Å². The molecular formula is C15H16ClN3O3. The van der Waals surface area contributed by atoms with Crippen LogP contribution in [0.5, 0.6) is 0 Å². The molecule has 0 saturated heterocycles. The van der Waals surface area contributed by atoms with Gasteiger partial charge in [0.1, 0.15) is 6.61 Å². The number of hydrogen-bond donors (Lipinski definition) is 1. The maximum Gasteiger partial charge on any atom is 0.266 e. The van der Waals surface area contributed by atoms with E-state index >= 15 is 0 Å². The fraction of sp³-hybridized carbons (Fsp3) is 0.267. The zero-order valence-corrected chi connectivity index (χ0v) is 12.8. The van der Waals surface area contributed by atoms with Crippen LogP contribution in [0.25, 0.3) is 11.3 Å². The first-order chi connectivity index (χ1) is 10.6. The highest BCUT2D eigenvalue weighted by Crippen LogP contribution is 2.18. The number of halogens is 1. The van der Waals surface area contributed by atoms with E-state index in [-0.39, 0.29) is 24.6 Å². The van der Waals surface area contributed by atoms with Gasteiger partial charge in [0.2, 0.25) is 5.91 Å². The maximum atomic E-state index is 11.8. The van der Waals surface area contributed by atoms with E-state index in [4.69, 9.17) is 16.3 Å². The molecule has 1 N–H and O–H groups in total. The fourth-order valence-electron chi connectivity index (χ4n) is 1.87. The Kier molecular flexibility index (Phi) is 5.68. The van der Waals surface area contributed by atoms with Crippen molar-refractivity contribution in [3.63, 3.8) is 0 Å². The van der Waals surface area contributed by atoms with E-state index in [1.807, 2.05) is 12.1 Å². The van der Waals surface area contributed by atoms with Crippen LogP contribution in [0.4, 0.5) is 0 Å². The lowest BCUT2D eigenvalue weighted by molar-refractivity contribution is -0.124. The summed E-state index contributed by atoms with van der Waals surface area (Å²) in [6.07, 6.45) is 0. The molecule has 1 aromatic carbocycles. The van der Waals surface area contributed by atoms with Crippen LogP contribution < -0.4 is 10.9 Å². The summed E-state index contributed by atoms with van der Waals surface area (Å²) in [5.74, 6) is -0.232. The first-order valence-electron chi connectivity index (χ1n) is 6.70. The number of benzene rings is 1. The Morgan fingerprint density at radius 3 is 2.68 bits per heavy atom. The number of carbonyl (C=O) groups excluding carboxylic acids is 1. The Hall–Kier alpha value is -2.18. The van der Waals surface area contributed by atoms with Gasteiger partial charge in [0, 0.05) is 30.3 Å².